The predicted molar refractivity (Wildman–Crippen MR) is 98.0 cm³/mol. The lowest BCUT2D eigenvalue weighted by molar-refractivity contribution is -0.118. The largest absolute Gasteiger partial charge is 0.506 e. The predicted octanol–water partition coefficient (Wildman–Crippen LogP) is 3.30. The van der Waals surface area contributed by atoms with Gasteiger partial charge in [-0.25, -0.2) is 0 Å². The van der Waals surface area contributed by atoms with Gasteiger partial charge in [0.05, 0.1) is 5.69 Å². The first-order chi connectivity index (χ1) is 12.0. The fourth-order valence-electron chi connectivity index (χ4n) is 2.61. The Hall–Kier alpha value is -2.54. The first-order valence-electron chi connectivity index (χ1n) is 7.84. The highest BCUT2D eigenvalue weighted by Gasteiger charge is 2.21. The van der Waals surface area contributed by atoms with Crippen LogP contribution in [0.25, 0.3) is 0 Å². The third-order valence-electron chi connectivity index (χ3n) is 3.81. The van der Waals surface area contributed by atoms with Crippen LogP contribution < -0.4 is 15.0 Å². The van der Waals surface area contributed by atoms with Gasteiger partial charge in [0.1, 0.15) is 11.5 Å². The van der Waals surface area contributed by atoms with Crippen molar-refractivity contribution in [3.05, 3.63) is 46.9 Å². The number of halogens is 1. The summed E-state index contributed by atoms with van der Waals surface area (Å²) in [7, 11) is 0. The van der Waals surface area contributed by atoms with E-state index in [0.717, 1.165) is 12.1 Å². The number of carbonyl (C=O) groups is 2. The van der Waals surface area contributed by atoms with E-state index in [-0.39, 0.29) is 24.2 Å². The van der Waals surface area contributed by atoms with E-state index in [1.54, 1.807) is 35.2 Å². The molecular weight excluding hydrogens is 388 g/mol. The molecule has 2 amide bonds. The summed E-state index contributed by atoms with van der Waals surface area (Å²) in [6.07, 6.45) is 1.41. The van der Waals surface area contributed by atoms with E-state index in [0.29, 0.717) is 28.9 Å². The van der Waals surface area contributed by atoms with Gasteiger partial charge < -0.3 is 20.1 Å². The lowest BCUT2D eigenvalue weighted by Crippen LogP contribution is -2.24. The Bertz CT molecular complexity index is 809. The Balaban J connectivity index is 1.59. The van der Waals surface area contributed by atoms with Crippen LogP contribution in [-0.2, 0) is 9.59 Å². The van der Waals surface area contributed by atoms with Crippen molar-refractivity contribution >= 4 is 39.1 Å². The van der Waals surface area contributed by atoms with Gasteiger partial charge >= 0.3 is 0 Å². The summed E-state index contributed by atoms with van der Waals surface area (Å²) >= 11 is 3.24. The van der Waals surface area contributed by atoms with Crippen LogP contribution in [0.15, 0.2) is 46.9 Å². The Morgan fingerprint density at radius 2 is 2.12 bits per heavy atom. The van der Waals surface area contributed by atoms with E-state index < -0.39 is 0 Å². The third kappa shape index (κ3) is 4.30. The number of nitrogens with one attached hydrogen (secondary N) is 1. The molecule has 1 fully saturated rings. The van der Waals surface area contributed by atoms with Crippen molar-refractivity contribution in [2.24, 2.45) is 0 Å². The molecule has 130 valence electrons. The van der Waals surface area contributed by atoms with Gasteiger partial charge in [-0.3, -0.25) is 9.59 Å². The molecule has 0 aromatic heterocycles. The molecule has 1 aliphatic rings. The number of hydrogen-bond acceptors (Lipinski definition) is 4. The van der Waals surface area contributed by atoms with Crippen LogP contribution in [0.1, 0.15) is 12.8 Å². The summed E-state index contributed by atoms with van der Waals surface area (Å²) in [6.45, 7) is 0.499. The second-order valence-electron chi connectivity index (χ2n) is 5.64. The Morgan fingerprint density at radius 1 is 1.28 bits per heavy atom. The van der Waals surface area contributed by atoms with Crippen LogP contribution >= 0.6 is 15.9 Å². The molecule has 0 unspecified atom stereocenters. The maximum Gasteiger partial charge on any atom is 0.262 e. The quantitative estimate of drug-likeness (QED) is 0.749. The third-order valence-corrected chi connectivity index (χ3v) is 4.30. The summed E-state index contributed by atoms with van der Waals surface area (Å²) < 4.78 is 6.21. The molecule has 1 aliphatic heterocycles. The number of ether oxygens (including phenoxy) is 1. The van der Waals surface area contributed by atoms with Crippen LogP contribution in [0.2, 0.25) is 0 Å². The number of phenolic OH excluding ortho intramolecular Hbond substituents is 1. The zero-order valence-corrected chi connectivity index (χ0v) is 15.0. The van der Waals surface area contributed by atoms with Gasteiger partial charge in [0.15, 0.2) is 6.61 Å². The fraction of sp³-hybridized carbons (Fsp3) is 0.222. The first-order valence-corrected chi connectivity index (χ1v) is 8.64. The Kier molecular flexibility index (Phi) is 5.23. The molecule has 0 atom stereocenters. The minimum Gasteiger partial charge on any atom is -0.506 e. The number of phenols is 1. The van der Waals surface area contributed by atoms with E-state index in [2.05, 4.69) is 21.2 Å². The maximum atomic E-state index is 12.0. The van der Waals surface area contributed by atoms with Crippen molar-refractivity contribution < 1.29 is 19.4 Å². The van der Waals surface area contributed by atoms with Gasteiger partial charge in [0, 0.05) is 29.2 Å². The SMILES string of the molecule is O=C(COc1cccc(N2CCCC2=O)c1)Nc1ccc(Br)cc1O. The monoisotopic (exact) mass is 404 g/mol. The number of amides is 2. The number of benzene rings is 2. The van der Waals surface area contributed by atoms with Crippen LogP contribution in [-0.4, -0.2) is 30.1 Å². The van der Waals surface area contributed by atoms with Crippen LogP contribution in [0.4, 0.5) is 11.4 Å². The normalized spacial score (nSPS) is 13.8. The summed E-state index contributed by atoms with van der Waals surface area (Å²) in [6, 6.07) is 11.9. The highest BCUT2D eigenvalue weighted by atomic mass is 79.9. The molecule has 0 bridgehead atoms. The van der Waals surface area contributed by atoms with Gasteiger partial charge in [-0.1, -0.05) is 22.0 Å². The summed E-state index contributed by atoms with van der Waals surface area (Å²) in [5, 5.41) is 12.4. The number of nitrogens with zero attached hydrogens (tertiary/aromatic N) is 1. The Morgan fingerprint density at radius 3 is 2.84 bits per heavy atom. The van der Waals surface area contributed by atoms with Gasteiger partial charge in [0.25, 0.3) is 5.91 Å². The molecular formula is C18H17BrN2O4. The molecule has 1 saturated heterocycles. The van der Waals surface area contributed by atoms with Crippen molar-refractivity contribution in [1.29, 1.82) is 0 Å². The van der Waals surface area contributed by atoms with Crippen molar-refractivity contribution in [3.63, 3.8) is 0 Å². The number of carbonyl (C=O) groups excluding carboxylic acids is 2. The average Bonchev–Trinajstić information content (AvgIpc) is 3.02. The van der Waals surface area contributed by atoms with Crippen LogP contribution in [0.5, 0.6) is 11.5 Å². The number of rotatable bonds is 5. The van der Waals surface area contributed by atoms with Crippen LogP contribution in [0.3, 0.4) is 0 Å². The molecule has 0 spiro atoms. The highest BCUT2D eigenvalue weighted by Crippen LogP contribution is 2.27. The summed E-state index contributed by atoms with van der Waals surface area (Å²) in [4.78, 5) is 25.5. The average molecular weight is 405 g/mol. The number of aromatic hydroxyl groups is 1. The van der Waals surface area contributed by atoms with Gasteiger partial charge in [-0.15, -0.1) is 0 Å². The fourth-order valence-corrected chi connectivity index (χ4v) is 2.96. The maximum absolute atomic E-state index is 12.0. The Labute approximate surface area is 153 Å². The molecule has 1 heterocycles. The standard InChI is InChI=1S/C18H17BrN2O4/c19-12-6-7-15(16(22)9-12)20-17(23)11-25-14-4-1-3-13(10-14)21-8-2-5-18(21)24/h1,3-4,6-7,9-10,22H,2,5,8,11H2,(H,20,23). The molecule has 0 radical (unpaired) electrons. The van der Waals surface area contributed by atoms with Crippen molar-refractivity contribution in [2.45, 2.75) is 12.8 Å². The molecule has 7 heteroatoms. The number of hydrogen-bond donors (Lipinski definition) is 2. The van der Waals surface area contributed by atoms with Crippen molar-refractivity contribution in [2.75, 3.05) is 23.4 Å². The van der Waals surface area contributed by atoms with Gasteiger partial charge in [-0.05, 0) is 36.8 Å². The lowest BCUT2D eigenvalue weighted by atomic mass is 10.2. The van der Waals surface area contributed by atoms with Crippen molar-refractivity contribution in [3.8, 4) is 11.5 Å². The summed E-state index contributed by atoms with van der Waals surface area (Å²) in [5.41, 5.74) is 1.08. The first kappa shape index (κ1) is 17.3. The minimum atomic E-state index is -0.389. The topological polar surface area (TPSA) is 78.9 Å². The van der Waals surface area contributed by atoms with Crippen LogP contribution in [0, 0.1) is 0 Å². The smallest absolute Gasteiger partial charge is 0.262 e. The molecule has 3 rings (SSSR count). The van der Waals surface area contributed by atoms with E-state index in [1.807, 2.05) is 6.07 Å². The second kappa shape index (κ2) is 7.57. The van der Waals surface area contributed by atoms with E-state index in [4.69, 9.17) is 4.74 Å². The molecule has 6 nitrogen and oxygen atoms in total. The lowest BCUT2D eigenvalue weighted by Gasteiger charge is -2.16. The number of anilines is 2. The molecule has 0 aliphatic carbocycles. The van der Waals surface area contributed by atoms with Crippen molar-refractivity contribution in [1.82, 2.24) is 0 Å². The van der Waals surface area contributed by atoms with E-state index >= 15 is 0 Å². The summed E-state index contributed by atoms with van der Waals surface area (Å²) in [5.74, 6) is 0.186. The van der Waals surface area contributed by atoms with Gasteiger partial charge in [0.2, 0.25) is 5.91 Å². The van der Waals surface area contributed by atoms with Gasteiger partial charge in [-0.2, -0.15) is 0 Å². The zero-order chi connectivity index (χ0) is 17.8. The second-order valence-corrected chi connectivity index (χ2v) is 6.56. The highest BCUT2D eigenvalue weighted by molar-refractivity contribution is 9.10. The zero-order valence-electron chi connectivity index (χ0n) is 13.4. The molecule has 0 saturated carbocycles. The minimum absolute atomic E-state index is 0.0303. The molecule has 25 heavy (non-hydrogen) atoms. The molecule has 2 N–H and O–H groups in total. The van der Waals surface area contributed by atoms with E-state index in [9.17, 15) is 14.7 Å². The molecule has 2 aromatic carbocycles. The van der Waals surface area contributed by atoms with E-state index in [1.165, 1.54) is 6.07 Å². The molecule has 2 aromatic rings.